The van der Waals surface area contributed by atoms with E-state index in [1.807, 2.05) is 24.3 Å². The van der Waals surface area contributed by atoms with Gasteiger partial charge in [-0.05, 0) is 31.0 Å². The summed E-state index contributed by atoms with van der Waals surface area (Å²) in [5.41, 5.74) is 0.189. The van der Waals surface area contributed by atoms with E-state index in [-0.39, 0.29) is 17.7 Å². The summed E-state index contributed by atoms with van der Waals surface area (Å²) in [6, 6.07) is 7.33. The number of fused-ring (bicyclic) bond motifs is 1. The first-order valence-corrected chi connectivity index (χ1v) is 8.88. The summed E-state index contributed by atoms with van der Waals surface area (Å²) in [5, 5.41) is 0. The Morgan fingerprint density at radius 2 is 2.03 bits per heavy atom. The first-order valence-electron chi connectivity index (χ1n) is 8.88. The second-order valence-corrected chi connectivity index (χ2v) is 6.06. The molecule has 0 aliphatic heterocycles. The maximum absolute atomic E-state index is 12.3. The molecule has 3 rings (SSSR count). The van der Waals surface area contributed by atoms with Gasteiger partial charge in [0.25, 0.3) is 5.56 Å². The molecule has 0 aliphatic carbocycles. The number of ether oxygens (including phenoxy) is 2. The highest BCUT2D eigenvalue weighted by Crippen LogP contribution is 2.13. The minimum absolute atomic E-state index is 0.132. The zero-order chi connectivity index (χ0) is 20.8. The van der Waals surface area contributed by atoms with Crippen molar-refractivity contribution < 1.29 is 9.47 Å². The Morgan fingerprint density at radius 3 is 2.79 bits per heavy atom. The van der Waals surface area contributed by atoms with Crippen LogP contribution in [0.3, 0.4) is 0 Å². The number of benzene rings is 1. The minimum Gasteiger partial charge on any atom is -0.491 e. The second kappa shape index (κ2) is 8.96. The average Bonchev–Trinajstić information content (AvgIpc) is 3.03. The van der Waals surface area contributed by atoms with Crippen molar-refractivity contribution in [3.63, 3.8) is 0 Å². The molecule has 29 heavy (non-hydrogen) atoms. The van der Waals surface area contributed by atoms with Gasteiger partial charge in [-0.2, -0.15) is 0 Å². The Kier molecular flexibility index (Phi) is 6.18. The fourth-order valence-electron chi connectivity index (χ4n) is 2.70. The van der Waals surface area contributed by atoms with Crippen LogP contribution in [0, 0.1) is 23.7 Å². The van der Waals surface area contributed by atoms with Crippen LogP contribution in [0.5, 0.6) is 5.75 Å². The number of aromatic nitrogens is 4. The van der Waals surface area contributed by atoms with Crippen LogP contribution in [0.25, 0.3) is 11.2 Å². The van der Waals surface area contributed by atoms with Crippen LogP contribution in [0.4, 0.5) is 0 Å². The number of nitrogens with one attached hydrogen (secondary N) is 1. The second-order valence-electron chi connectivity index (χ2n) is 6.06. The van der Waals surface area contributed by atoms with E-state index in [1.54, 1.807) is 25.6 Å². The number of aryl methyl sites for hydroxylation is 1. The van der Waals surface area contributed by atoms with E-state index in [4.69, 9.17) is 9.47 Å². The number of nitrogens with zero attached hydrogens (tertiary/aromatic N) is 3. The molecule has 0 aliphatic rings. The summed E-state index contributed by atoms with van der Waals surface area (Å²) in [7, 11) is 3.29. The summed E-state index contributed by atoms with van der Waals surface area (Å²) < 4.78 is 13.4. The van der Waals surface area contributed by atoms with Gasteiger partial charge in [-0.1, -0.05) is 17.9 Å². The molecule has 0 atom stereocenters. The SMILES string of the molecule is CC#CCn1c(=O)[nH]c(=O)c2c1nc(C#Cc1cccc(OCCOC)c1)n2C. The highest BCUT2D eigenvalue weighted by Gasteiger charge is 2.15. The molecule has 0 saturated carbocycles. The zero-order valence-corrected chi connectivity index (χ0v) is 16.4. The van der Waals surface area contributed by atoms with Crippen molar-refractivity contribution in [2.24, 2.45) is 7.05 Å². The van der Waals surface area contributed by atoms with E-state index in [9.17, 15) is 9.59 Å². The van der Waals surface area contributed by atoms with Crippen LogP contribution < -0.4 is 16.0 Å². The normalized spacial score (nSPS) is 10.2. The number of imidazole rings is 1. The Labute approximate surface area is 167 Å². The first-order chi connectivity index (χ1) is 14.0. The molecule has 0 saturated heterocycles. The Hall–Kier alpha value is -3.75. The number of methoxy groups -OCH3 is 1. The molecule has 148 valence electrons. The summed E-state index contributed by atoms with van der Waals surface area (Å²) in [4.78, 5) is 31.1. The van der Waals surface area contributed by atoms with Gasteiger partial charge in [0.2, 0.25) is 0 Å². The lowest BCUT2D eigenvalue weighted by atomic mass is 10.2. The van der Waals surface area contributed by atoms with Gasteiger partial charge in [0, 0.05) is 19.7 Å². The van der Waals surface area contributed by atoms with E-state index in [0.717, 1.165) is 5.56 Å². The van der Waals surface area contributed by atoms with Crippen molar-refractivity contribution in [2.75, 3.05) is 20.3 Å². The average molecular weight is 392 g/mol. The van der Waals surface area contributed by atoms with Gasteiger partial charge in [0.15, 0.2) is 17.0 Å². The molecular weight excluding hydrogens is 372 g/mol. The van der Waals surface area contributed by atoms with Crippen molar-refractivity contribution in [3.05, 3.63) is 56.5 Å². The van der Waals surface area contributed by atoms with Crippen molar-refractivity contribution in [3.8, 4) is 29.4 Å². The van der Waals surface area contributed by atoms with E-state index in [1.165, 1.54) is 4.57 Å². The molecule has 8 heteroatoms. The molecule has 0 unspecified atom stereocenters. The fourth-order valence-corrected chi connectivity index (χ4v) is 2.70. The Bertz CT molecular complexity index is 1280. The highest BCUT2D eigenvalue weighted by atomic mass is 16.5. The van der Waals surface area contributed by atoms with Crippen LogP contribution >= 0.6 is 0 Å². The standard InChI is InChI=1S/C21H20N4O4/c1-4-5-11-25-19-18(20(26)23-21(25)27)24(2)17(22-19)10-9-15-7-6-8-16(14-15)29-13-12-28-3/h6-8,14H,11-13H2,1-3H3,(H,23,26,27). The molecule has 0 amide bonds. The van der Waals surface area contributed by atoms with Crippen LogP contribution in [-0.2, 0) is 18.3 Å². The van der Waals surface area contributed by atoms with Gasteiger partial charge >= 0.3 is 5.69 Å². The third-order valence-electron chi connectivity index (χ3n) is 4.14. The lowest BCUT2D eigenvalue weighted by Crippen LogP contribution is -2.30. The van der Waals surface area contributed by atoms with Crippen molar-refractivity contribution in [2.45, 2.75) is 13.5 Å². The van der Waals surface area contributed by atoms with Gasteiger partial charge in [-0.15, -0.1) is 5.92 Å². The summed E-state index contributed by atoms with van der Waals surface area (Å²) in [5.74, 6) is 12.6. The predicted molar refractivity (Wildman–Crippen MR) is 109 cm³/mol. The summed E-state index contributed by atoms with van der Waals surface area (Å²) in [6.07, 6.45) is 0. The quantitative estimate of drug-likeness (QED) is 0.514. The first kappa shape index (κ1) is 20.0. The van der Waals surface area contributed by atoms with E-state index >= 15 is 0 Å². The largest absolute Gasteiger partial charge is 0.491 e. The third-order valence-corrected chi connectivity index (χ3v) is 4.14. The number of aromatic amines is 1. The molecule has 1 aromatic carbocycles. The van der Waals surface area contributed by atoms with Crippen molar-refractivity contribution >= 4 is 11.2 Å². The molecule has 0 fully saturated rings. The van der Waals surface area contributed by atoms with E-state index < -0.39 is 11.2 Å². The van der Waals surface area contributed by atoms with Gasteiger partial charge in [-0.3, -0.25) is 14.3 Å². The molecule has 8 nitrogen and oxygen atoms in total. The minimum atomic E-state index is -0.552. The zero-order valence-electron chi connectivity index (χ0n) is 16.4. The summed E-state index contributed by atoms with van der Waals surface area (Å²) >= 11 is 0. The molecule has 2 aromatic heterocycles. The Morgan fingerprint density at radius 1 is 1.21 bits per heavy atom. The molecule has 0 spiro atoms. The number of H-pyrrole nitrogens is 1. The van der Waals surface area contributed by atoms with Crippen molar-refractivity contribution in [1.82, 2.24) is 19.1 Å². The monoisotopic (exact) mass is 392 g/mol. The molecule has 3 aromatic rings. The topological polar surface area (TPSA) is 91.1 Å². The molecule has 2 heterocycles. The summed E-state index contributed by atoms with van der Waals surface area (Å²) in [6.45, 7) is 2.75. The number of rotatable bonds is 5. The van der Waals surface area contributed by atoms with Gasteiger partial charge in [0.05, 0.1) is 13.2 Å². The lowest BCUT2D eigenvalue weighted by molar-refractivity contribution is 0.146. The molecule has 1 N–H and O–H groups in total. The van der Waals surface area contributed by atoms with Crippen LogP contribution in [0.1, 0.15) is 18.3 Å². The number of hydrogen-bond acceptors (Lipinski definition) is 5. The van der Waals surface area contributed by atoms with E-state index in [2.05, 4.69) is 33.6 Å². The smallest absolute Gasteiger partial charge is 0.330 e. The predicted octanol–water partition coefficient (Wildman–Crippen LogP) is 0.872. The molecule has 0 radical (unpaired) electrons. The maximum atomic E-state index is 12.3. The van der Waals surface area contributed by atoms with Crippen molar-refractivity contribution in [1.29, 1.82) is 0 Å². The van der Waals surface area contributed by atoms with Crippen LogP contribution in [0.15, 0.2) is 33.9 Å². The Balaban J connectivity index is 2.00. The third kappa shape index (κ3) is 4.40. The maximum Gasteiger partial charge on any atom is 0.330 e. The van der Waals surface area contributed by atoms with Gasteiger partial charge in [-0.25, -0.2) is 9.78 Å². The molecular formula is C21H20N4O4. The lowest BCUT2D eigenvalue weighted by Gasteiger charge is -2.05. The highest BCUT2D eigenvalue weighted by molar-refractivity contribution is 5.72. The van der Waals surface area contributed by atoms with Crippen LogP contribution in [0.2, 0.25) is 0 Å². The molecule has 0 bridgehead atoms. The van der Waals surface area contributed by atoms with E-state index in [0.29, 0.717) is 24.8 Å². The number of hydrogen-bond donors (Lipinski definition) is 1. The van der Waals surface area contributed by atoms with Gasteiger partial charge in [0.1, 0.15) is 12.4 Å². The van der Waals surface area contributed by atoms with Crippen LogP contribution in [-0.4, -0.2) is 39.4 Å². The van der Waals surface area contributed by atoms with Gasteiger partial charge < -0.3 is 14.0 Å². The fraction of sp³-hybridized carbons (Fsp3) is 0.286.